The third-order valence-corrected chi connectivity index (χ3v) is 8.26. The minimum absolute atomic E-state index is 0.0713. The number of rotatable bonds is 12. The van der Waals surface area contributed by atoms with Crippen LogP contribution >= 0.6 is 11.3 Å². The van der Waals surface area contributed by atoms with Crippen LogP contribution in [0.15, 0.2) is 53.7 Å². The number of aromatic nitrogens is 1. The standard InChI is InChI=1S/C30H41N5O3S/c1-5-27(38-26-13-7-23(8-14-26)28-29(21(2)3)39-22(4)32-28)35-18-16-34(17-19-35)15-6-20-37-25-11-9-24(10-12-25)30(31)33-36/h7-14,21,27,36H,5-6,15-20H2,1-4H3,(H2,31,33). The SMILES string of the molecule is CCC(Oc1ccc(-c2nc(C)sc2C(C)C)cc1)N1CCN(CCCOc2ccc(C(N)=NO)cc2)CC1. The maximum atomic E-state index is 8.76. The summed E-state index contributed by atoms with van der Waals surface area (Å²) in [6, 6.07) is 15.7. The molecule has 1 aliphatic rings. The van der Waals surface area contributed by atoms with E-state index in [9.17, 15) is 0 Å². The van der Waals surface area contributed by atoms with E-state index in [0.717, 1.165) is 73.3 Å². The monoisotopic (exact) mass is 551 g/mol. The molecule has 3 aromatic rings. The Morgan fingerprint density at radius 2 is 1.72 bits per heavy atom. The minimum atomic E-state index is 0.0713. The fourth-order valence-electron chi connectivity index (χ4n) is 4.84. The lowest BCUT2D eigenvalue weighted by Crippen LogP contribution is -2.52. The number of nitrogens with two attached hydrogens (primary N) is 1. The summed E-state index contributed by atoms with van der Waals surface area (Å²) < 4.78 is 12.3. The number of aryl methyl sites for hydroxylation is 1. The number of hydrogen-bond donors (Lipinski definition) is 2. The lowest BCUT2D eigenvalue weighted by Gasteiger charge is -2.38. The second-order valence-electron chi connectivity index (χ2n) is 10.2. The first-order valence-electron chi connectivity index (χ1n) is 13.8. The molecule has 1 aromatic heterocycles. The zero-order valence-corrected chi connectivity index (χ0v) is 24.3. The molecule has 0 spiro atoms. The number of oxime groups is 1. The Hall–Kier alpha value is -3.14. The smallest absolute Gasteiger partial charge is 0.170 e. The second-order valence-corrected chi connectivity index (χ2v) is 11.4. The summed E-state index contributed by atoms with van der Waals surface area (Å²) in [4.78, 5) is 11.1. The minimum Gasteiger partial charge on any atom is -0.494 e. The highest BCUT2D eigenvalue weighted by Crippen LogP contribution is 2.34. The molecule has 0 aliphatic carbocycles. The first kappa shape index (κ1) is 28.9. The maximum Gasteiger partial charge on any atom is 0.170 e. The van der Waals surface area contributed by atoms with Gasteiger partial charge in [0.25, 0.3) is 0 Å². The lowest BCUT2D eigenvalue weighted by molar-refractivity contribution is -0.0105. The Morgan fingerprint density at radius 1 is 1.05 bits per heavy atom. The first-order valence-corrected chi connectivity index (χ1v) is 14.6. The maximum absolute atomic E-state index is 8.76. The van der Waals surface area contributed by atoms with Gasteiger partial charge in [-0.15, -0.1) is 11.3 Å². The van der Waals surface area contributed by atoms with Crippen molar-refractivity contribution in [1.82, 2.24) is 14.8 Å². The van der Waals surface area contributed by atoms with Gasteiger partial charge >= 0.3 is 0 Å². The molecule has 0 saturated carbocycles. The van der Waals surface area contributed by atoms with Gasteiger partial charge in [0.1, 0.15) is 11.5 Å². The molecule has 0 bridgehead atoms. The van der Waals surface area contributed by atoms with Gasteiger partial charge in [-0.2, -0.15) is 0 Å². The fraction of sp³-hybridized carbons (Fsp3) is 0.467. The van der Waals surface area contributed by atoms with Crippen LogP contribution in [0.2, 0.25) is 0 Å². The molecule has 8 nitrogen and oxygen atoms in total. The summed E-state index contributed by atoms with van der Waals surface area (Å²) in [5.41, 5.74) is 8.52. The molecule has 4 rings (SSSR count). The largest absolute Gasteiger partial charge is 0.494 e. The fourth-order valence-corrected chi connectivity index (χ4v) is 5.79. The Balaban J connectivity index is 1.20. The quantitative estimate of drug-likeness (QED) is 0.100. The van der Waals surface area contributed by atoms with Gasteiger partial charge in [-0.05, 0) is 74.2 Å². The van der Waals surface area contributed by atoms with Crippen molar-refractivity contribution in [2.75, 3.05) is 39.3 Å². The molecular formula is C30H41N5O3S. The summed E-state index contributed by atoms with van der Waals surface area (Å²) >= 11 is 1.79. The van der Waals surface area contributed by atoms with Gasteiger partial charge in [0.05, 0.1) is 17.3 Å². The van der Waals surface area contributed by atoms with Crippen molar-refractivity contribution >= 4 is 17.2 Å². The van der Waals surface area contributed by atoms with E-state index in [1.807, 2.05) is 12.1 Å². The third kappa shape index (κ3) is 7.71. The summed E-state index contributed by atoms with van der Waals surface area (Å²) in [6.07, 6.45) is 1.97. The van der Waals surface area contributed by atoms with Crippen LogP contribution in [0.3, 0.4) is 0 Å². The van der Waals surface area contributed by atoms with E-state index < -0.39 is 0 Å². The molecule has 1 atom stereocenters. The molecule has 9 heteroatoms. The van der Waals surface area contributed by atoms with Gasteiger partial charge in [0.15, 0.2) is 12.1 Å². The van der Waals surface area contributed by atoms with Crippen LogP contribution < -0.4 is 15.2 Å². The van der Waals surface area contributed by atoms with Crippen molar-refractivity contribution in [3.8, 4) is 22.8 Å². The number of amidine groups is 1. The zero-order chi connectivity index (χ0) is 27.8. The Morgan fingerprint density at radius 3 is 2.33 bits per heavy atom. The van der Waals surface area contributed by atoms with Gasteiger partial charge in [-0.3, -0.25) is 4.90 Å². The average molecular weight is 552 g/mol. The van der Waals surface area contributed by atoms with Crippen LogP contribution in [-0.4, -0.2) is 71.4 Å². The van der Waals surface area contributed by atoms with Crippen molar-refractivity contribution in [3.63, 3.8) is 0 Å². The number of hydrogen-bond acceptors (Lipinski definition) is 8. The van der Waals surface area contributed by atoms with E-state index in [1.165, 1.54) is 4.88 Å². The highest BCUT2D eigenvalue weighted by atomic mass is 32.1. The molecule has 1 aliphatic heterocycles. The van der Waals surface area contributed by atoms with Crippen LogP contribution in [0.1, 0.15) is 55.0 Å². The van der Waals surface area contributed by atoms with Crippen molar-refractivity contribution in [1.29, 1.82) is 0 Å². The average Bonchev–Trinajstić information content (AvgIpc) is 3.36. The summed E-state index contributed by atoms with van der Waals surface area (Å²) in [5.74, 6) is 2.25. The van der Waals surface area contributed by atoms with E-state index in [-0.39, 0.29) is 12.1 Å². The van der Waals surface area contributed by atoms with Crippen molar-refractivity contribution in [2.45, 2.75) is 52.7 Å². The molecule has 2 heterocycles. The Bertz CT molecular complexity index is 1200. The highest BCUT2D eigenvalue weighted by molar-refractivity contribution is 7.12. The number of piperazine rings is 1. The molecule has 3 N–H and O–H groups in total. The highest BCUT2D eigenvalue weighted by Gasteiger charge is 2.24. The predicted molar refractivity (Wildman–Crippen MR) is 158 cm³/mol. The van der Waals surface area contributed by atoms with E-state index in [2.05, 4.69) is 66.9 Å². The number of ether oxygens (including phenoxy) is 2. The molecule has 1 saturated heterocycles. The Labute approximate surface area is 236 Å². The van der Waals surface area contributed by atoms with Crippen LogP contribution in [0, 0.1) is 6.92 Å². The van der Waals surface area contributed by atoms with Gasteiger partial charge < -0.3 is 25.3 Å². The van der Waals surface area contributed by atoms with E-state index in [0.29, 0.717) is 18.1 Å². The topological polar surface area (TPSA) is 96.4 Å². The normalized spacial score (nSPS) is 16.0. The van der Waals surface area contributed by atoms with Gasteiger partial charge in [0, 0.05) is 48.7 Å². The molecule has 210 valence electrons. The van der Waals surface area contributed by atoms with E-state index in [4.69, 9.17) is 25.4 Å². The molecule has 2 aromatic carbocycles. The molecule has 39 heavy (non-hydrogen) atoms. The van der Waals surface area contributed by atoms with Crippen LogP contribution in [0.25, 0.3) is 11.3 Å². The van der Waals surface area contributed by atoms with Gasteiger partial charge in [0.2, 0.25) is 0 Å². The molecular weight excluding hydrogens is 510 g/mol. The molecule has 0 amide bonds. The summed E-state index contributed by atoms with van der Waals surface area (Å²) in [6.45, 7) is 14.4. The van der Waals surface area contributed by atoms with Crippen molar-refractivity contribution < 1.29 is 14.7 Å². The second kappa shape index (κ2) is 13.8. The third-order valence-electron chi connectivity index (χ3n) is 6.99. The zero-order valence-electron chi connectivity index (χ0n) is 23.5. The summed E-state index contributed by atoms with van der Waals surface area (Å²) in [7, 11) is 0. The molecule has 1 unspecified atom stereocenters. The predicted octanol–water partition coefficient (Wildman–Crippen LogP) is 5.54. The van der Waals surface area contributed by atoms with Crippen molar-refractivity contribution in [3.05, 3.63) is 64.0 Å². The number of nitrogens with zero attached hydrogens (tertiary/aromatic N) is 4. The van der Waals surface area contributed by atoms with E-state index >= 15 is 0 Å². The van der Waals surface area contributed by atoms with Crippen molar-refractivity contribution in [2.24, 2.45) is 10.9 Å². The Kier molecular flexibility index (Phi) is 10.2. The first-order chi connectivity index (χ1) is 18.9. The molecule has 1 fully saturated rings. The van der Waals surface area contributed by atoms with E-state index in [1.54, 1.807) is 23.5 Å². The van der Waals surface area contributed by atoms with Crippen LogP contribution in [0.5, 0.6) is 11.5 Å². The number of thiazole rings is 1. The molecule has 0 radical (unpaired) electrons. The summed E-state index contributed by atoms with van der Waals surface area (Å²) in [5, 5.41) is 12.9. The number of benzene rings is 2. The van der Waals surface area contributed by atoms with Crippen LogP contribution in [-0.2, 0) is 0 Å². The van der Waals surface area contributed by atoms with Gasteiger partial charge in [-0.25, -0.2) is 4.98 Å². The van der Waals surface area contributed by atoms with Crippen LogP contribution in [0.4, 0.5) is 0 Å². The van der Waals surface area contributed by atoms with Gasteiger partial charge in [-0.1, -0.05) is 25.9 Å². The lowest BCUT2D eigenvalue weighted by atomic mass is 10.1.